The van der Waals surface area contributed by atoms with Gasteiger partial charge in [0.1, 0.15) is 0 Å². The predicted octanol–water partition coefficient (Wildman–Crippen LogP) is 0.730. The molecule has 2 aliphatic rings. The first-order chi connectivity index (χ1) is 8.29. The molecule has 2 atom stereocenters. The molecule has 0 aromatic heterocycles. The number of likely N-dealkylation sites (tertiary alicyclic amines) is 1. The molecule has 2 rings (SSSR count). The smallest absolute Gasteiger partial charge is 0.0701 e. The minimum absolute atomic E-state index is 0.137. The maximum Gasteiger partial charge on any atom is 0.0701 e. The molecule has 1 aliphatic heterocycles. The van der Waals surface area contributed by atoms with E-state index in [2.05, 4.69) is 4.90 Å². The quantitative estimate of drug-likeness (QED) is 0.763. The fourth-order valence-electron chi connectivity index (χ4n) is 3.16. The molecule has 0 amide bonds. The van der Waals surface area contributed by atoms with E-state index >= 15 is 0 Å². The highest BCUT2D eigenvalue weighted by Crippen LogP contribution is 2.25. The van der Waals surface area contributed by atoms with Crippen molar-refractivity contribution >= 4 is 0 Å². The molecule has 0 radical (unpaired) electrons. The molecular weight excluding hydrogens is 216 g/mol. The molecule has 1 aliphatic carbocycles. The van der Waals surface area contributed by atoms with E-state index in [9.17, 15) is 0 Å². The van der Waals surface area contributed by atoms with Gasteiger partial charge in [-0.25, -0.2) is 0 Å². The molecule has 4 nitrogen and oxygen atoms in total. The van der Waals surface area contributed by atoms with Crippen LogP contribution in [0, 0.1) is 0 Å². The van der Waals surface area contributed by atoms with E-state index in [1.807, 2.05) is 0 Å². The molecule has 1 saturated heterocycles. The standard InChI is InChI=1S/C13H26N2O2/c14-11-2-1-3-12(10-11)15-6-4-13(5-7-15)17-9-8-16/h11-13,16H,1-10,14H2. The first-order valence-electron chi connectivity index (χ1n) is 7.01. The normalized spacial score (nSPS) is 32.8. The van der Waals surface area contributed by atoms with Crippen molar-refractivity contribution in [1.82, 2.24) is 4.90 Å². The number of nitrogens with zero attached hydrogens (tertiary/aromatic N) is 1. The zero-order valence-corrected chi connectivity index (χ0v) is 10.7. The first-order valence-corrected chi connectivity index (χ1v) is 7.01. The van der Waals surface area contributed by atoms with Crippen molar-refractivity contribution in [2.75, 3.05) is 26.3 Å². The molecule has 17 heavy (non-hydrogen) atoms. The van der Waals surface area contributed by atoms with Crippen molar-refractivity contribution in [2.45, 2.75) is 56.7 Å². The maximum atomic E-state index is 8.73. The van der Waals surface area contributed by atoms with Crippen molar-refractivity contribution in [2.24, 2.45) is 5.73 Å². The van der Waals surface area contributed by atoms with Crippen molar-refractivity contribution in [1.29, 1.82) is 0 Å². The summed E-state index contributed by atoms with van der Waals surface area (Å²) in [4.78, 5) is 2.60. The second kappa shape index (κ2) is 6.69. The third-order valence-corrected chi connectivity index (χ3v) is 4.12. The molecule has 0 spiro atoms. The van der Waals surface area contributed by atoms with Crippen molar-refractivity contribution in [3.8, 4) is 0 Å². The number of aliphatic hydroxyl groups excluding tert-OH is 1. The van der Waals surface area contributed by atoms with E-state index in [-0.39, 0.29) is 6.61 Å². The zero-order chi connectivity index (χ0) is 12.1. The Labute approximate surface area is 104 Å². The molecule has 0 aromatic carbocycles. The fraction of sp³-hybridized carbons (Fsp3) is 1.00. The Morgan fingerprint density at radius 3 is 2.59 bits per heavy atom. The van der Waals surface area contributed by atoms with Gasteiger partial charge in [-0.05, 0) is 32.1 Å². The Morgan fingerprint density at radius 1 is 1.18 bits per heavy atom. The van der Waals surface area contributed by atoms with E-state index < -0.39 is 0 Å². The average molecular weight is 242 g/mol. The maximum absolute atomic E-state index is 8.73. The van der Waals surface area contributed by atoms with E-state index in [1.165, 1.54) is 25.7 Å². The third-order valence-electron chi connectivity index (χ3n) is 4.12. The Morgan fingerprint density at radius 2 is 1.94 bits per heavy atom. The number of piperidine rings is 1. The molecule has 0 aromatic rings. The van der Waals surface area contributed by atoms with Crippen molar-refractivity contribution < 1.29 is 9.84 Å². The van der Waals surface area contributed by atoms with Gasteiger partial charge in [-0.2, -0.15) is 0 Å². The predicted molar refractivity (Wildman–Crippen MR) is 67.9 cm³/mol. The van der Waals surface area contributed by atoms with Crippen LogP contribution in [0.25, 0.3) is 0 Å². The Hall–Kier alpha value is -0.160. The van der Waals surface area contributed by atoms with Crippen LogP contribution in [0.1, 0.15) is 38.5 Å². The van der Waals surface area contributed by atoms with Crippen LogP contribution in [-0.2, 0) is 4.74 Å². The summed E-state index contributed by atoms with van der Waals surface area (Å²) in [5.74, 6) is 0. The highest BCUT2D eigenvalue weighted by molar-refractivity contribution is 4.85. The van der Waals surface area contributed by atoms with Gasteiger partial charge in [0.05, 0.1) is 19.3 Å². The van der Waals surface area contributed by atoms with E-state index in [1.54, 1.807) is 0 Å². The summed E-state index contributed by atoms with van der Waals surface area (Å²) in [6, 6.07) is 1.12. The van der Waals surface area contributed by atoms with Gasteiger partial charge >= 0.3 is 0 Å². The van der Waals surface area contributed by atoms with Gasteiger partial charge in [0.15, 0.2) is 0 Å². The summed E-state index contributed by atoms with van der Waals surface area (Å²) in [5.41, 5.74) is 6.05. The van der Waals surface area contributed by atoms with E-state index in [4.69, 9.17) is 15.6 Å². The lowest BCUT2D eigenvalue weighted by Crippen LogP contribution is -2.47. The number of hydrogen-bond acceptors (Lipinski definition) is 4. The molecular formula is C13H26N2O2. The number of ether oxygens (including phenoxy) is 1. The second-order valence-electron chi connectivity index (χ2n) is 5.41. The van der Waals surface area contributed by atoms with Gasteiger partial charge in [-0.3, -0.25) is 0 Å². The molecule has 4 heteroatoms. The largest absolute Gasteiger partial charge is 0.394 e. The van der Waals surface area contributed by atoms with Crippen LogP contribution in [-0.4, -0.2) is 54.5 Å². The lowest BCUT2D eigenvalue weighted by molar-refractivity contribution is -0.0189. The summed E-state index contributed by atoms with van der Waals surface area (Å²) in [7, 11) is 0. The molecule has 1 heterocycles. The van der Waals surface area contributed by atoms with Crippen LogP contribution in [0.15, 0.2) is 0 Å². The van der Waals surface area contributed by atoms with Crippen LogP contribution >= 0.6 is 0 Å². The van der Waals surface area contributed by atoms with Crippen LogP contribution in [0.5, 0.6) is 0 Å². The van der Waals surface area contributed by atoms with Gasteiger partial charge in [0.25, 0.3) is 0 Å². The van der Waals surface area contributed by atoms with Gasteiger partial charge in [-0.1, -0.05) is 6.42 Å². The van der Waals surface area contributed by atoms with Gasteiger partial charge < -0.3 is 20.5 Å². The molecule has 1 saturated carbocycles. The summed E-state index contributed by atoms with van der Waals surface area (Å²) >= 11 is 0. The average Bonchev–Trinajstić information content (AvgIpc) is 2.37. The topological polar surface area (TPSA) is 58.7 Å². The highest BCUT2D eigenvalue weighted by atomic mass is 16.5. The van der Waals surface area contributed by atoms with E-state index in [0.717, 1.165) is 25.9 Å². The number of nitrogens with two attached hydrogens (primary N) is 1. The van der Waals surface area contributed by atoms with Crippen LogP contribution in [0.3, 0.4) is 0 Å². The van der Waals surface area contributed by atoms with Crippen LogP contribution in [0.2, 0.25) is 0 Å². The lowest BCUT2D eigenvalue weighted by Gasteiger charge is -2.40. The first kappa shape index (κ1) is 13.3. The van der Waals surface area contributed by atoms with Gasteiger partial charge in [0, 0.05) is 25.2 Å². The van der Waals surface area contributed by atoms with E-state index in [0.29, 0.717) is 24.8 Å². The van der Waals surface area contributed by atoms with Crippen LogP contribution < -0.4 is 5.73 Å². The Bertz CT molecular complexity index is 217. The SMILES string of the molecule is NC1CCCC(N2CCC(OCCO)CC2)C1. The summed E-state index contributed by atoms with van der Waals surface area (Å²) in [6.07, 6.45) is 7.53. The monoisotopic (exact) mass is 242 g/mol. The van der Waals surface area contributed by atoms with Crippen molar-refractivity contribution in [3.05, 3.63) is 0 Å². The fourth-order valence-corrected chi connectivity index (χ4v) is 3.16. The number of rotatable bonds is 4. The molecule has 0 bridgehead atoms. The summed E-state index contributed by atoms with van der Waals surface area (Å²) < 4.78 is 5.59. The summed E-state index contributed by atoms with van der Waals surface area (Å²) in [5, 5.41) is 8.73. The third kappa shape index (κ3) is 3.91. The number of aliphatic hydroxyl groups is 1. The molecule has 2 unspecified atom stereocenters. The lowest BCUT2D eigenvalue weighted by atomic mass is 9.89. The van der Waals surface area contributed by atoms with Gasteiger partial charge in [-0.15, -0.1) is 0 Å². The van der Waals surface area contributed by atoms with Gasteiger partial charge in [0.2, 0.25) is 0 Å². The zero-order valence-electron chi connectivity index (χ0n) is 10.7. The van der Waals surface area contributed by atoms with Crippen LogP contribution in [0.4, 0.5) is 0 Å². The molecule has 100 valence electrons. The minimum Gasteiger partial charge on any atom is -0.394 e. The summed E-state index contributed by atoms with van der Waals surface area (Å²) in [6.45, 7) is 2.89. The highest BCUT2D eigenvalue weighted by Gasteiger charge is 2.28. The number of hydrogen-bond donors (Lipinski definition) is 2. The molecule has 3 N–H and O–H groups in total. The molecule has 2 fully saturated rings. The Balaban J connectivity index is 1.71. The Kier molecular flexibility index (Phi) is 5.22. The van der Waals surface area contributed by atoms with Crippen molar-refractivity contribution in [3.63, 3.8) is 0 Å². The minimum atomic E-state index is 0.137. The second-order valence-corrected chi connectivity index (χ2v) is 5.41.